The van der Waals surface area contributed by atoms with Gasteiger partial charge in [-0.1, -0.05) is 26.0 Å². The quantitative estimate of drug-likeness (QED) is 0.680. The first-order valence-corrected chi connectivity index (χ1v) is 10.3. The van der Waals surface area contributed by atoms with Crippen LogP contribution in [0.15, 0.2) is 30.5 Å². The zero-order valence-electron chi connectivity index (χ0n) is 15.6. The molecule has 27 heavy (non-hydrogen) atoms. The van der Waals surface area contributed by atoms with Gasteiger partial charge in [0.2, 0.25) is 0 Å². The maximum atomic E-state index is 12.8. The van der Waals surface area contributed by atoms with Gasteiger partial charge in [0, 0.05) is 23.9 Å². The van der Waals surface area contributed by atoms with Crippen LogP contribution in [-0.4, -0.2) is 32.5 Å². The molecule has 1 aromatic heterocycles. The number of aliphatic carboxylic acids is 1. The Morgan fingerprint density at radius 1 is 1.37 bits per heavy atom. The summed E-state index contributed by atoms with van der Waals surface area (Å²) in [5, 5.41) is 16.2. The summed E-state index contributed by atoms with van der Waals surface area (Å²) in [5.74, 6) is 0.605. The Morgan fingerprint density at radius 2 is 2.15 bits per heavy atom. The van der Waals surface area contributed by atoms with E-state index in [1.165, 1.54) is 11.8 Å². The zero-order valence-corrected chi connectivity index (χ0v) is 16.5. The van der Waals surface area contributed by atoms with Crippen LogP contribution in [0.25, 0.3) is 0 Å². The van der Waals surface area contributed by atoms with Gasteiger partial charge in [0.15, 0.2) is 0 Å². The number of rotatable bonds is 9. The van der Waals surface area contributed by atoms with Crippen LogP contribution in [0.1, 0.15) is 54.2 Å². The Kier molecular flexibility index (Phi) is 6.21. The molecule has 0 atom stereocenters. The third-order valence-electron chi connectivity index (χ3n) is 4.31. The van der Waals surface area contributed by atoms with Gasteiger partial charge >= 0.3 is 5.97 Å². The third kappa shape index (κ3) is 5.35. The molecule has 0 unspecified atom stereocenters. The summed E-state index contributed by atoms with van der Waals surface area (Å²) in [4.78, 5) is 23.5. The van der Waals surface area contributed by atoms with Gasteiger partial charge in [-0.3, -0.25) is 14.3 Å². The summed E-state index contributed by atoms with van der Waals surface area (Å²) in [6.45, 7) is 5.10. The van der Waals surface area contributed by atoms with Crippen LogP contribution >= 0.6 is 11.8 Å². The van der Waals surface area contributed by atoms with Crippen LogP contribution < -0.4 is 5.32 Å². The number of carbonyl (C=O) groups excluding carboxylic acids is 1. The van der Waals surface area contributed by atoms with E-state index in [4.69, 9.17) is 5.11 Å². The lowest BCUT2D eigenvalue weighted by molar-refractivity contribution is -0.133. The van der Waals surface area contributed by atoms with Crippen molar-refractivity contribution in [2.24, 2.45) is 5.92 Å². The van der Waals surface area contributed by atoms with Crippen LogP contribution in [0.2, 0.25) is 0 Å². The van der Waals surface area contributed by atoms with E-state index < -0.39 is 5.97 Å². The summed E-state index contributed by atoms with van der Waals surface area (Å²) >= 11 is 1.34. The standard InChI is InChI=1S/C20H25N3O3S/c1-13(2)10-23-19(15-6-7-15)17(9-21-23)20(26)22-16-5-3-4-14(8-16)11-27-12-18(24)25/h3-5,8-9,13,15H,6-7,10-12H2,1-2H3,(H,22,26)(H,24,25). The topological polar surface area (TPSA) is 84.2 Å². The molecule has 1 fully saturated rings. The molecule has 0 saturated heterocycles. The Bertz CT molecular complexity index is 828. The second-order valence-corrected chi connectivity index (χ2v) is 8.32. The minimum Gasteiger partial charge on any atom is -0.481 e. The second-order valence-electron chi connectivity index (χ2n) is 7.33. The maximum absolute atomic E-state index is 12.8. The SMILES string of the molecule is CC(C)Cn1ncc(C(=O)Nc2cccc(CSCC(=O)O)c2)c1C1CC1. The lowest BCUT2D eigenvalue weighted by Gasteiger charge is -2.11. The molecule has 1 aliphatic carbocycles. The molecule has 0 bridgehead atoms. The number of carbonyl (C=O) groups is 2. The number of hydrogen-bond acceptors (Lipinski definition) is 4. The Balaban J connectivity index is 1.70. The number of amides is 1. The highest BCUT2D eigenvalue weighted by Crippen LogP contribution is 2.42. The first-order chi connectivity index (χ1) is 12.9. The fourth-order valence-corrected chi connectivity index (χ4v) is 3.73. The van der Waals surface area contributed by atoms with Crippen molar-refractivity contribution < 1.29 is 14.7 Å². The van der Waals surface area contributed by atoms with Crippen molar-refractivity contribution in [1.29, 1.82) is 0 Å². The maximum Gasteiger partial charge on any atom is 0.313 e. The van der Waals surface area contributed by atoms with Crippen LogP contribution in [-0.2, 0) is 17.1 Å². The van der Waals surface area contributed by atoms with E-state index in [0.717, 1.165) is 30.6 Å². The lowest BCUT2D eigenvalue weighted by atomic mass is 10.1. The monoisotopic (exact) mass is 387 g/mol. The van der Waals surface area contributed by atoms with Crippen LogP contribution in [0.3, 0.4) is 0 Å². The fourth-order valence-electron chi connectivity index (χ4n) is 3.04. The number of carboxylic acids is 1. The Hall–Kier alpha value is -2.28. The number of anilines is 1. The van der Waals surface area contributed by atoms with Gasteiger partial charge in [-0.05, 0) is 36.5 Å². The number of benzene rings is 1. The molecule has 1 aliphatic rings. The number of nitrogens with zero attached hydrogens (tertiary/aromatic N) is 2. The number of hydrogen-bond donors (Lipinski definition) is 2. The molecule has 6 nitrogen and oxygen atoms in total. The van der Waals surface area contributed by atoms with Crippen molar-refractivity contribution in [2.75, 3.05) is 11.1 Å². The van der Waals surface area contributed by atoms with E-state index in [-0.39, 0.29) is 11.7 Å². The summed E-state index contributed by atoms with van der Waals surface area (Å²) in [6.07, 6.45) is 3.90. The van der Waals surface area contributed by atoms with Gasteiger partial charge < -0.3 is 10.4 Å². The van der Waals surface area contributed by atoms with Gasteiger partial charge in [-0.2, -0.15) is 5.10 Å². The highest BCUT2D eigenvalue weighted by molar-refractivity contribution is 7.99. The first-order valence-electron chi connectivity index (χ1n) is 9.19. The Morgan fingerprint density at radius 3 is 2.81 bits per heavy atom. The van der Waals surface area contributed by atoms with Crippen molar-refractivity contribution in [3.8, 4) is 0 Å². The third-order valence-corrected chi connectivity index (χ3v) is 5.29. The van der Waals surface area contributed by atoms with E-state index >= 15 is 0 Å². The van der Waals surface area contributed by atoms with Crippen molar-refractivity contribution >= 4 is 29.3 Å². The van der Waals surface area contributed by atoms with Crippen molar-refractivity contribution in [2.45, 2.75) is 44.9 Å². The predicted octanol–water partition coefficient (Wildman–Crippen LogP) is 3.99. The van der Waals surface area contributed by atoms with E-state index in [1.807, 2.05) is 28.9 Å². The molecule has 1 saturated carbocycles. The van der Waals surface area contributed by atoms with Crippen molar-refractivity contribution in [3.05, 3.63) is 47.3 Å². The summed E-state index contributed by atoms with van der Waals surface area (Å²) in [5.41, 5.74) is 3.40. The average Bonchev–Trinajstić information content (AvgIpc) is 3.35. The molecule has 2 N–H and O–H groups in total. The van der Waals surface area contributed by atoms with Gasteiger partial charge in [0.05, 0.1) is 23.2 Å². The van der Waals surface area contributed by atoms with E-state index in [0.29, 0.717) is 28.8 Å². The molecule has 0 spiro atoms. The zero-order chi connectivity index (χ0) is 19.4. The van der Waals surface area contributed by atoms with E-state index in [2.05, 4.69) is 24.3 Å². The van der Waals surface area contributed by atoms with Gasteiger partial charge in [0.1, 0.15) is 0 Å². The van der Waals surface area contributed by atoms with E-state index in [9.17, 15) is 9.59 Å². The van der Waals surface area contributed by atoms with Crippen molar-refractivity contribution in [3.63, 3.8) is 0 Å². The molecule has 7 heteroatoms. The minimum atomic E-state index is -0.824. The van der Waals surface area contributed by atoms with Crippen molar-refractivity contribution in [1.82, 2.24) is 9.78 Å². The highest BCUT2D eigenvalue weighted by Gasteiger charge is 2.32. The normalized spacial score (nSPS) is 13.7. The predicted molar refractivity (Wildman–Crippen MR) is 107 cm³/mol. The number of aromatic nitrogens is 2. The molecule has 0 aliphatic heterocycles. The summed E-state index contributed by atoms with van der Waals surface area (Å²) in [6, 6.07) is 7.54. The summed E-state index contributed by atoms with van der Waals surface area (Å²) in [7, 11) is 0. The highest BCUT2D eigenvalue weighted by atomic mass is 32.2. The molecule has 1 aromatic carbocycles. The second kappa shape index (κ2) is 8.61. The van der Waals surface area contributed by atoms with Gasteiger partial charge in [-0.15, -0.1) is 11.8 Å². The molecule has 2 aromatic rings. The number of carboxylic acid groups (broad SMARTS) is 1. The molecule has 1 amide bonds. The lowest BCUT2D eigenvalue weighted by Crippen LogP contribution is -2.15. The summed E-state index contributed by atoms with van der Waals surface area (Å²) < 4.78 is 1.98. The molecule has 0 radical (unpaired) electrons. The number of nitrogens with one attached hydrogen (secondary N) is 1. The average molecular weight is 388 g/mol. The smallest absolute Gasteiger partial charge is 0.313 e. The first kappa shape index (κ1) is 19.5. The molecule has 1 heterocycles. The van der Waals surface area contributed by atoms with Crippen LogP contribution in [0.5, 0.6) is 0 Å². The molecule has 144 valence electrons. The fraction of sp³-hybridized carbons (Fsp3) is 0.450. The van der Waals surface area contributed by atoms with Gasteiger partial charge in [-0.25, -0.2) is 0 Å². The Labute approximate surface area is 163 Å². The van der Waals surface area contributed by atoms with Gasteiger partial charge in [0.25, 0.3) is 5.91 Å². The molecule has 3 rings (SSSR count). The minimum absolute atomic E-state index is 0.0658. The van der Waals surface area contributed by atoms with E-state index in [1.54, 1.807) is 6.20 Å². The molecular formula is C20H25N3O3S. The van der Waals surface area contributed by atoms with Crippen LogP contribution in [0, 0.1) is 5.92 Å². The largest absolute Gasteiger partial charge is 0.481 e. The molecular weight excluding hydrogens is 362 g/mol. The van der Waals surface area contributed by atoms with Crippen LogP contribution in [0.4, 0.5) is 5.69 Å². The number of thioether (sulfide) groups is 1.